The van der Waals surface area contributed by atoms with E-state index in [-0.39, 0.29) is 37.0 Å². The summed E-state index contributed by atoms with van der Waals surface area (Å²) in [5.74, 6) is -0.527. The van der Waals surface area contributed by atoms with Crippen LogP contribution in [0.5, 0.6) is 0 Å². The van der Waals surface area contributed by atoms with Crippen LogP contribution in [0.2, 0.25) is 0 Å². The number of rotatable bonds is 6. The summed E-state index contributed by atoms with van der Waals surface area (Å²) >= 11 is 0. The van der Waals surface area contributed by atoms with E-state index in [1.807, 2.05) is 6.92 Å². The van der Waals surface area contributed by atoms with Gasteiger partial charge in [-0.25, -0.2) is 4.79 Å². The summed E-state index contributed by atoms with van der Waals surface area (Å²) in [6.07, 6.45) is 3.84. The maximum Gasteiger partial charge on any atom is 0.327 e. The van der Waals surface area contributed by atoms with E-state index < -0.39 is 0 Å². The smallest absolute Gasteiger partial charge is 0.327 e. The van der Waals surface area contributed by atoms with Crippen LogP contribution in [0.3, 0.4) is 0 Å². The molecule has 0 atom stereocenters. The summed E-state index contributed by atoms with van der Waals surface area (Å²) in [5.41, 5.74) is 0. The van der Waals surface area contributed by atoms with Crippen LogP contribution in [0.1, 0.15) is 32.6 Å². The predicted molar refractivity (Wildman–Crippen MR) is 64.8 cm³/mol. The summed E-state index contributed by atoms with van der Waals surface area (Å²) in [6, 6.07) is -0.0947. The van der Waals surface area contributed by atoms with Crippen molar-refractivity contribution in [1.29, 1.82) is 0 Å². The second kappa shape index (κ2) is 5.37. The largest absolute Gasteiger partial charge is 0.355 e. The molecule has 100 valence electrons. The molecule has 0 aromatic heterocycles. The molecule has 1 saturated heterocycles. The van der Waals surface area contributed by atoms with Gasteiger partial charge in [-0.15, -0.1) is 0 Å². The monoisotopic (exact) mass is 253 g/mol. The first kappa shape index (κ1) is 12.9. The minimum absolute atomic E-state index is 0.131. The average Bonchev–Trinajstić information content (AvgIpc) is 3.12. The van der Waals surface area contributed by atoms with Gasteiger partial charge in [-0.2, -0.15) is 0 Å². The van der Waals surface area contributed by atoms with Crippen LogP contribution in [0.4, 0.5) is 4.79 Å². The van der Waals surface area contributed by atoms with Gasteiger partial charge in [0.05, 0.1) is 0 Å². The molecule has 1 aliphatic carbocycles. The van der Waals surface area contributed by atoms with Gasteiger partial charge in [0, 0.05) is 12.6 Å². The Morgan fingerprint density at radius 1 is 1.39 bits per heavy atom. The third-order valence-electron chi connectivity index (χ3n) is 3.23. The van der Waals surface area contributed by atoms with Crippen LogP contribution >= 0.6 is 0 Å². The molecule has 0 bridgehead atoms. The van der Waals surface area contributed by atoms with Crippen LogP contribution < -0.4 is 5.32 Å². The molecule has 4 amide bonds. The Labute approximate surface area is 106 Å². The lowest BCUT2D eigenvalue weighted by atomic mass is 10.3. The normalized spacial score (nSPS) is 19.6. The fraction of sp³-hybridized carbons (Fsp3) is 0.750. The first-order valence-electron chi connectivity index (χ1n) is 6.51. The zero-order valence-electron chi connectivity index (χ0n) is 10.6. The van der Waals surface area contributed by atoms with Gasteiger partial charge >= 0.3 is 6.03 Å². The Bertz CT molecular complexity index is 366. The molecule has 0 spiro atoms. The number of imide groups is 1. The molecule has 1 heterocycles. The van der Waals surface area contributed by atoms with Crippen LogP contribution in [0.15, 0.2) is 0 Å². The summed E-state index contributed by atoms with van der Waals surface area (Å²) in [5, 5.41) is 2.71. The Morgan fingerprint density at radius 3 is 2.72 bits per heavy atom. The van der Waals surface area contributed by atoms with Gasteiger partial charge in [-0.05, 0) is 19.3 Å². The van der Waals surface area contributed by atoms with E-state index in [0.29, 0.717) is 6.54 Å². The van der Waals surface area contributed by atoms with Crippen molar-refractivity contribution in [2.24, 2.45) is 0 Å². The van der Waals surface area contributed by atoms with Crippen molar-refractivity contribution in [3.05, 3.63) is 0 Å². The number of nitrogens with zero attached hydrogens (tertiary/aromatic N) is 2. The van der Waals surface area contributed by atoms with Gasteiger partial charge in [0.2, 0.25) is 5.91 Å². The molecule has 18 heavy (non-hydrogen) atoms. The molecule has 2 aliphatic rings. The summed E-state index contributed by atoms with van der Waals surface area (Å²) in [7, 11) is 0. The molecule has 1 saturated carbocycles. The van der Waals surface area contributed by atoms with Gasteiger partial charge in [-0.3, -0.25) is 14.5 Å². The topological polar surface area (TPSA) is 69.7 Å². The number of carbonyl (C=O) groups excluding carboxylic acids is 3. The highest BCUT2D eigenvalue weighted by molar-refractivity contribution is 6.04. The van der Waals surface area contributed by atoms with Gasteiger partial charge in [0.15, 0.2) is 0 Å². The van der Waals surface area contributed by atoms with Crippen LogP contribution in [0, 0.1) is 0 Å². The highest BCUT2D eigenvalue weighted by Gasteiger charge is 2.44. The lowest BCUT2D eigenvalue weighted by Crippen LogP contribution is -2.42. The summed E-state index contributed by atoms with van der Waals surface area (Å²) < 4.78 is 0. The lowest BCUT2D eigenvalue weighted by Gasteiger charge is -2.16. The van der Waals surface area contributed by atoms with Crippen LogP contribution in [-0.4, -0.2) is 53.3 Å². The van der Waals surface area contributed by atoms with Gasteiger partial charge < -0.3 is 10.2 Å². The van der Waals surface area contributed by atoms with E-state index in [2.05, 4.69) is 5.32 Å². The zero-order chi connectivity index (χ0) is 13.1. The van der Waals surface area contributed by atoms with Gasteiger partial charge in [0.1, 0.15) is 13.1 Å². The number of hydrogen-bond donors (Lipinski definition) is 1. The van der Waals surface area contributed by atoms with E-state index >= 15 is 0 Å². The number of nitrogens with one attached hydrogen (secondary N) is 1. The molecule has 0 aromatic rings. The summed E-state index contributed by atoms with van der Waals surface area (Å²) in [4.78, 5) is 37.8. The third kappa shape index (κ3) is 2.80. The Kier molecular flexibility index (Phi) is 3.84. The molecule has 0 aromatic carbocycles. The van der Waals surface area contributed by atoms with Crippen molar-refractivity contribution >= 4 is 17.8 Å². The van der Waals surface area contributed by atoms with Crippen molar-refractivity contribution in [2.45, 2.75) is 38.6 Å². The van der Waals surface area contributed by atoms with Gasteiger partial charge in [0.25, 0.3) is 5.91 Å². The average molecular weight is 253 g/mol. The van der Waals surface area contributed by atoms with Gasteiger partial charge in [-0.1, -0.05) is 13.3 Å². The van der Waals surface area contributed by atoms with E-state index in [1.165, 1.54) is 0 Å². The molecule has 1 aliphatic heterocycles. The summed E-state index contributed by atoms with van der Waals surface area (Å²) in [6.45, 7) is 2.61. The molecule has 0 radical (unpaired) electrons. The number of carbonyl (C=O) groups is 3. The molecule has 2 fully saturated rings. The molecule has 6 heteroatoms. The highest BCUT2D eigenvalue weighted by Crippen LogP contribution is 2.30. The second-order valence-corrected chi connectivity index (χ2v) is 4.83. The standard InChI is InChI=1S/C12H19N3O3/c1-2-3-6-13-10(16)7-15-11(17)8-14(12(15)18)9-4-5-9/h9H,2-8H2,1H3,(H,13,16). The quantitative estimate of drug-likeness (QED) is 0.548. The molecule has 1 N–H and O–H groups in total. The second-order valence-electron chi connectivity index (χ2n) is 4.83. The van der Waals surface area contributed by atoms with Crippen molar-refractivity contribution in [1.82, 2.24) is 15.1 Å². The van der Waals surface area contributed by atoms with Crippen molar-refractivity contribution in [3.8, 4) is 0 Å². The lowest BCUT2D eigenvalue weighted by molar-refractivity contribution is -0.130. The minimum atomic E-state index is -0.312. The Hall–Kier alpha value is -1.59. The number of unbranched alkanes of at least 4 members (excludes halogenated alkanes) is 1. The van der Waals surface area contributed by atoms with E-state index in [4.69, 9.17) is 0 Å². The number of urea groups is 1. The molecule has 0 unspecified atom stereocenters. The predicted octanol–water partition coefficient (Wildman–Crippen LogP) is 0.329. The first-order valence-corrected chi connectivity index (χ1v) is 6.51. The van der Waals surface area contributed by atoms with Crippen molar-refractivity contribution in [2.75, 3.05) is 19.6 Å². The first-order chi connectivity index (χ1) is 8.63. The van der Waals surface area contributed by atoms with Crippen molar-refractivity contribution < 1.29 is 14.4 Å². The van der Waals surface area contributed by atoms with Crippen LogP contribution in [0.25, 0.3) is 0 Å². The fourth-order valence-corrected chi connectivity index (χ4v) is 1.99. The third-order valence-corrected chi connectivity index (χ3v) is 3.23. The Morgan fingerprint density at radius 2 is 2.11 bits per heavy atom. The molecular weight excluding hydrogens is 234 g/mol. The number of amides is 4. The zero-order valence-corrected chi connectivity index (χ0v) is 10.6. The molecule has 6 nitrogen and oxygen atoms in total. The van der Waals surface area contributed by atoms with E-state index in [9.17, 15) is 14.4 Å². The SMILES string of the molecule is CCCCNC(=O)CN1C(=O)CN(C2CC2)C1=O. The number of hydrogen-bond acceptors (Lipinski definition) is 3. The van der Waals surface area contributed by atoms with E-state index in [1.54, 1.807) is 4.90 Å². The molecule has 2 rings (SSSR count). The van der Waals surface area contributed by atoms with Crippen LogP contribution in [-0.2, 0) is 9.59 Å². The fourth-order valence-electron chi connectivity index (χ4n) is 1.99. The minimum Gasteiger partial charge on any atom is -0.355 e. The van der Waals surface area contributed by atoms with E-state index in [0.717, 1.165) is 30.6 Å². The maximum atomic E-state index is 11.9. The molecular formula is C12H19N3O3. The van der Waals surface area contributed by atoms with Crippen molar-refractivity contribution in [3.63, 3.8) is 0 Å². The maximum absolute atomic E-state index is 11.9. The Balaban J connectivity index is 1.83. The highest BCUT2D eigenvalue weighted by atomic mass is 16.2.